The Labute approximate surface area is 488 Å². The van der Waals surface area contributed by atoms with Gasteiger partial charge in [-0.15, -0.1) is 24.8 Å². The van der Waals surface area contributed by atoms with Gasteiger partial charge in [0.05, 0.1) is 11.7 Å². The molecule has 80 heavy (non-hydrogen) atoms. The molecule has 0 aromatic heterocycles. The first-order chi connectivity index (χ1) is 36.9. The molecule has 0 aliphatic carbocycles. The molecule has 0 saturated carbocycles. The van der Waals surface area contributed by atoms with E-state index in [9.17, 15) is 39.0 Å². The summed E-state index contributed by atoms with van der Waals surface area (Å²) in [6.45, 7) is 22.8. The molecule has 2 heterocycles. The molecule has 4 aromatic rings. The third kappa shape index (κ3) is 21.5. The van der Waals surface area contributed by atoms with Gasteiger partial charge in [-0.2, -0.15) is 0 Å². The molecule has 2 aliphatic heterocycles. The molecular formula is C62H94Cl2N8O8. The number of rotatable bonds is 24. The van der Waals surface area contributed by atoms with Crippen molar-refractivity contribution in [3.05, 3.63) is 96.1 Å². The summed E-state index contributed by atoms with van der Waals surface area (Å²) in [7, 11) is 0. The maximum Gasteiger partial charge on any atom is 0.243 e. The Bertz CT molecular complexity index is 2630. The summed E-state index contributed by atoms with van der Waals surface area (Å²) >= 11 is 0. The van der Waals surface area contributed by atoms with Crippen LogP contribution in [0.3, 0.4) is 0 Å². The van der Waals surface area contributed by atoms with E-state index in [0.717, 1.165) is 64.9 Å². The second-order valence-electron chi connectivity index (χ2n) is 24.1. The number of benzene rings is 4. The number of amides is 6. The zero-order valence-electron chi connectivity index (χ0n) is 49.1. The van der Waals surface area contributed by atoms with E-state index in [0.29, 0.717) is 77.3 Å². The molecule has 5 atom stereocenters. The van der Waals surface area contributed by atoms with Crippen LogP contribution in [0.1, 0.15) is 125 Å². The Morgan fingerprint density at radius 2 is 1.01 bits per heavy atom. The van der Waals surface area contributed by atoms with E-state index in [4.69, 9.17) is 0 Å². The van der Waals surface area contributed by atoms with E-state index in [1.807, 2.05) is 126 Å². The number of likely N-dealkylation sites (tertiary alicyclic amines) is 2. The number of nitrogens with one attached hydrogen (secondary N) is 6. The van der Waals surface area contributed by atoms with Crippen molar-refractivity contribution in [2.24, 2.45) is 16.7 Å². The van der Waals surface area contributed by atoms with Gasteiger partial charge in [-0.3, -0.25) is 28.8 Å². The maximum absolute atomic E-state index is 13.5. The number of carbonyl (C=O) groups excluding carboxylic acids is 6. The van der Waals surface area contributed by atoms with Crippen molar-refractivity contribution in [3.8, 4) is 0 Å². The minimum Gasteiger partial charge on any atom is -0.390 e. The molecule has 2 unspecified atom stereocenters. The highest BCUT2D eigenvalue weighted by Crippen LogP contribution is 2.28. The summed E-state index contributed by atoms with van der Waals surface area (Å²) in [4.78, 5) is 82.7. The molecule has 2 aliphatic rings. The summed E-state index contributed by atoms with van der Waals surface area (Å²) in [6.07, 6.45) is 5.41. The molecule has 0 radical (unpaired) electrons. The standard InChI is InChI=1S/C32H48N4O4.C30H44N4O4.2ClH/c1-6-22(7-2)19-33-20-26(37)21-34-29(38)27(18-23-14-15-24-11-8-9-12-25(24)17-23)35-30(39)28-13-10-16-36(28)31(40)32(3,4)5;1-29(2,3)28(37)34-17-8-12-25(34)27(36)33-24(26(35)32-16-9-15-31-20-30(4,5)38)19-21-13-14-22-10-6-7-11-23(22)18-21;;/h8-9,11-12,14-15,17,22,26-28,33,37H,6-7,10,13,16,18-21H2,1-5H3,(H,34,38)(H,35,39);6-7,10-11,13-14,18,24-25,31,38H,8-9,12,15-17,19-20H2,1-5H3,(H,32,35)(H,33,36);2*1H/t26?,27-,28+;24?,25-;;/m10../s1. The van der Waals surface area contributed by atoms with E-state index >= 15 is 0 Å². The Morgan fingerprint density at radius 3 is 1.44 bits per heavy atom. The van der Waals surface area contributed by atoms with Crippen molar-refractivity contribution in [1.82, 2.24) is 41.7 Å². The van der Waals surface area contributed by atoms with Crippen molar-refractivity contribution in [2.75, 3.05) is 52.4 Å². The maximum atomic E-state index is 13.5. The van der Waals surface area contributed by atoms with E-state index < -0.39 is 46.7 Å². The molecule has 6 rings (SSSR count). The van der Waals surface area contributed by atoms with Crippen LogP contribution in [0.2, 0.25) is 0 Å². The van der Waals surface area contributed by atoms with Crippen molar-refractivity contribution >= 4 is 81.8 Å². The Balaban J connectivity index is 0.000000410. The summed E-state index contributed by atoms with van der Waals surface area (Å²) in [5, 5.41) is 42.8. The summed E-state index contributed by atoms with van der Waals surface area (Å²) < 4.78 is 0. The van der Waals surface area contributed by atoms with E-state index in [1.54, 1.807) is 23.6 Å². The summed E-state index contributed by atoms with van der Waals surface area (Å²) in [6, 6.07) is 25.3. The van der Waals surface area contributed by atoms with Gasteiger partial charge < -0.3 is 51.9 Å². The first-order valence-electron chi connectivity index (χ1n) is 28.4. The van der Waals surface area contributed by atoms with Crippen LogP contribution in [-0.2, 0) is 41.6 Å². The molecule has 18 heteroatoms. The summed E-state index contributed by atoms with van der Waals surface area (Å²) in [5.74, 6) is -0.762. The van der Waals surface area contributed by atoms with Crippen molar-refractivity contribution in [3.63, 3.8) is 0 Å². The topological polar surface area (TPSA) is 222 Å². The van der Waals surface area contributed by atoms with Gasteiger partial charge in [0.2, 0.25) is 35.4 Å². The molecule has 8 N–H and O–H groups in total. The minimum absolute atomic E-state index is 0. The lowest BCUT2D eigenvalue weighted by Gasteiger charge is -2.31. The number of hydrogen-bond acceptors (Lipinski definition) is 10. The number of carbonyl (C=O) groups is 6. The SMILES string of the molecule is CC(C)(O)CNCCCNC(=O)C(Cc1ccc2ccccc2c1)NC(=O)[C@@H]1CCCN1C(=O)C(C)(C)C.CCC(CC)CNCC(O)CNC(=O)[C@@H](Cc1ccc2ccccc2c1)NC(=O)[C@@H]1CCCN1C(=O)C(C)(C)C.Cl.Cl. The number of aliphatic hydroxyl groups excluding tert-OH is 1. The highest BCUT2D eigenvalue weighted by Gasteiger charge is 2.41. The molecule has 0 spiro atoms. The Hall–Kier alpha value is -5.36. The molecule has 0 bridgehead atoms. The molecular weight excluding hydrogens is 1060 g/mol. The smallest absolute Gasteiger partial charge is 0.243 e. The van der Waals surface area contributed by atoms with Crippen LogP contribution in [-0.4, -0.2) is 144 Å². The van der Waals surface area contributed by atoms with Gasteiger partial charge in [-0.1, -0.05) is 153 Å². The number of halogens is 2. The van der Waals surface area contributed by atoms with Gasteiger partial charge >= 0.3 is 0 Å². The highest BCUT2D eigenvalue weighted by molar-refractivity contribution is 5.95. The quantitative estimate of drug-likeness (QED) is 0.0335. The van der Waals surface area contributed by atoms with E-state index in [1.165, 1.54) is 0 Å². The van der Waals surface area contributed by atoms with Crippen LogP contribution >= 0.6 is 24.8 Å². The number of fused-ring (bicyclic) bond motifs is 2. The Kier molecular flexibility index (Phi) is 27.8. The van der Waals surface area contributed by atoms with Crippen molar-refractivity contribution in [2.45, 2.75) is 163 Å². The average molecular weight is 1150 g/mol. The third-order valence-electron chi connectivity index (χ3n) is 14.6. The second-order valence-corrected chi connectivity index (χ2v) is 24.1. The molecule has 4 aromatic carbocycles. The zero-order chi connectivity index (χ0) is 57.2. The lowest BCUT2D eigenvalue weighted by Crippen LogP contribution is -2.55. The fourth-order valence-electron chi connectivity index (χ4n) is 9.97. The van der Waals surface area contributed by atoms with Crippen LogP contribution in [0.5, 0.6) is 0 Å². The van der Waals surface area contributed by atoms with Crippen LogP contribution in [0, 0.1) is 16.7 Å². The second kappa shape index (κ2) is 32.3. The van der Waals surface area contributed by atoms with Crippen molar-refractivity contribution in [1.29, 1.82) is 0 Å². The monoisotopic (exact) mass is 1150 g/mol. The van der Waals surface area contributed by atoms with Crippen LogP contribution in [0.15, 0.2) is 84.9 Å². The number of hydrogen-bond donors (Lipinski definition) is 8. The number of aliphatic hydroxyl groups is 2. The Morgan fingerprint density at radius 1 is 0.575 bits per heavy atom. The van der Waals surface area contributed by atoms with E-state index in [-0.39, 0.29) is 66.8 Å². The van der Waals surface area contributed by atoms with Gasteiger partial charge in [0.1, 0.15) is 24.2 Å². The normalized spacial score (nSPS) is 16.6. The molecule has 16 nitrogen and oxygen atoms in total. The lowest BCUT2D eigenvalue weighted by molar-refractivity contribution is -0.145. The number of nitrogens with zero attached hydrogens (tertiary/aromatic N) is 2. The molecule has 2 fully saturated rings. The lowest BCUT2D eigenvalue weighted by atomic mass is 9.94. The van der Waals surface area contributed by atoms with Gasteiger partial charge in [0, 0.05) is 62.9 Å². The van der Waals surface area contributed by atoms with Crippen LogP contribution in [0.4, 0.5) is 0 Å². The van der Waals surface area contributed by atoms with E-state index in [2.05, 4.69) is 45.7 Å². The third-order valence-corrected chi connectivity index (χ3v) is 14.6. The van der Waals surface area contributed by atoms with Gasteiger partial charge in [0.25, 0.3) is 0 Å². The van der Waals surface area contributed by atoms with Crippen LogP contribution in [0.25, 0.3) is 21.5 Å². The predicted molar refractivity (Wildman–Crippen MR) is 325 cm³/mol. The van der Waals surface area contributed by atoms with Gasteiger partial charge in [-0.25, -0.2) is 0 Å². The van der Waals surface area contributed by atoms with Gasteiger partial charge in [-0.05, 0) is 97.6 Å². The fraction of sp³-hybridized carbons (Fsp3) is 0.581. The van der Waals surface area contributed by atoms with Crippen molar-refractivity contribution < 1.29 is 39.0 Å². The molecule has 2 saturated heterocycles. The predicted octanol–water partition coefficient (Wildman–Crippen LogP) is 7.02. The first-order valence-corrected chi connectivity index (χ1v) is 28.4. The summed E-state index contributed by atoms with van der Waals surface area (Å²) in [5.41, 5.74) is -0.0978. The first kappa shape index (κ1) is 68.9. The molecule has 6 amide bonds. The average Bonchev–Trinajstić information content (AvgIpc) is 4.10. The zero-order valence-corrected chi connectivity index (χ0v) is 50.8. The minimum atomic E-state index is -0.842. The largest absolute Gasteiger partial charge is 0.390 e. The molecule has 444 valence electrons. The highest BCUT2D eigenvalue weighted by atomic mass is 35.5. The van der Waals surface area contributed by atoms with Crippen LogP contribution < -0.4 is 31.9 Å². The fourth-order valence-corrected chi connectivity index (χ4v) is 9.97. The van der Waals surface area contributed by atoms with Gasteiger partial charge in [0.15, 0.2) is 0 Å².